The first kappa shape index (κ1) is 18.7. The van der Waals surface area contributed by atoms with Crippen LogP contribution in [0.3, 0.4) is 0 Å². The van der Waals surface area contributed by atoms with Gasteiger partial charge in [0.1, 0.15) is 24.3 Å². The van der Waals surface area contributed by atoms with Crippen molar-refractivity contribution in [1.29, 1.82) is 0 Å². The van der Waals surface area contributed by atoms with Crippen molar-refractivity contribution >= 4 is 23.2 Å². The van der Waals surface area contributed by atoms with E-state index in [1.54, 1.807) is 22.9 Å². The molecule has 0 aromatic heterocycles. The standard InChI is InChI=1S/C25H20N2O5/c1-26(16-7-3-2-4-8-16)23(28)13-27-19-10-6-5-9-17(19)25(24(27)29)14-30-20-12-22-21(11-18(20)25)31-15-32-22/h2-12H,13-15H2,1H3. The average Bonchev–Trinajstić information content (AvgIpc) is 3.50. The van der Waals surface area contributed by atoms with E-state index in [9.17, 15) is 9.59 Å². The van der Waals surface area contributed by atoms with Crippen LogP contribution in [0.2, 0.25) is 0 Å². The van der Waals surface area contributed by atoms with E-state index in [4.69, 9.17) is 14.2 Å². The maximum atomic E-state index is 13.9. The molecule has 32 heavy (non-hydrogen) atoms. The summed E-state index contributed by atoms with van der Waals surface area (Å²) in [6.45, 7) is 0.241. The number of anilines is 2. The van der Waals surface area contributed by atoms with Gasteiger partial charge in [-0.3, -0.25) is 9.59 Å². The minimum absolute atomic E-state index is 0.0666. The minimum atomic E-state index is -1.02. The summed E-state index contributed by atoms with van der Waals surface area (Å²) in [5.74, 6) is 1.45. The van der Waals surface area contributed by atoms with Crippen molar-refractivity contribution in [2.24, 2.45) is 0 Å². The van der Waals surface area contributed by atoms with Crippen molar-refractivity contribution in [3.8, 4) is 17.2 Å². The van der Waals surface area contributed by atoms with Gasteiger partial charge < -0.3 is 24.0 Å². The molecule has 3 heterocycles. The first-order chi connectivity index (χ1) is 15.6. The number of amides is 2. The fourth-order valence-corrected chi connectivity index (χ4v) is 4.76. The molecule has 0 saturated heterocycles. The Morgan fingerprint density at radius 2 is 1.66 bits per heavy atom. The van der Waals surface area contributed by atoms with Gasteiger partial charge in [-0.1, -0.05) is 36.4 Å². The first-order valence-electron chi connectivity index (χ1n) is 10.4. The number of ether oxygens (including phenoxy) is 3. The fourth-order valence-electron chi connectivity index (χ4n) is 4.76. The van der Waals surface area contributed by atoms with E-state index >= 15 is 0 Å². The SMILES string of the molecule is CN(C(=O)CN1C(=O)C2(COc3cc4c(cc32)OCO4)c2ccccc21)c1ccccc1. The molecule has 6 rings (SSSR count). The van der Waals surface area contributed by atoms with Gasteiger partial charge in [-0.25, -0.2) is 0 Å². The molecule has 3 aromatic carbocycles. The van der Waals surface area contributed by atoms with Gasteiger partial charge in [-0.15, -0.1) is 0 Å². The lowest BCUT2D eigenvalue weighted by Gasteiger charge is -2.25. The van der Waals surface area contributed by atoms with Gasteiger partial charge in [0.25, 0.3) is 0 Å². The number of hydrogen-bond donors (Lipinski definition) is 0. The van der Waals surface area contributed by atoms with E-state index in [1.165, 1.54) is 0 Å². The molecular formula is C25H20N2O5. The molecule has 3 aliphatic rings. The van der Waals surface area contributed by atoms with Crippen LogP contribution in [0.15, 0.2) is 66.7 Å². The van der Waals surface area contributed by atoms with Crippen molar-refractivity contribution in [2.75, 3.05) is 36.8 Å². The van der Waals surface area contributed by atoms with Crippen LogP contribution in [0.5, 0.6) is 17.2 Å². The Hall–Kier alpha value is -4.00. The lowest BCUT2D eigenvalue weighted by Crippen LogP contribution is -2.46. The van der Waals surface area contributed by atoms with Gasteiger partial charge in [0, 0.05) is 30.1 Å². The molecule has 0 bridgehead atoms. The van der Waals surface area contributed by atoms with Gasteiger partial charge in [0.05, 0.1) is 0 Å². The number of nitrogens with zero attached hydrogens (tertiary/aromatic N) is 2. The van der Waals surface area contributed by atoms with Crippen molar-refractivity contribution in [2.45, 2.75) is 5.41 Å². The number of likely N-dealkylation sites (N-methyl/N-ethyl adjacent to an activating group) is 1. The number of rotatable bonds is 3. The average molecular weight is 428 g/mol. The van der Waals surface area contributed by atoms with Gasteiger partial charge in [0.2, 0.25) is 18.6 Å². The number of para-hydroxylation sites is 2. The number of benzene rings is 3. The molecule has 1 atom stereocenters. The summed E-state index contributed by atoms with van der Waals surface area (Å²) >= 11 is 0. The largest absolute Gasteiger partial charge is 0.491 e. The zero-order chi connectivity index (χ0) is 21.9. The van der Waals surface area contributed by atoms with Crippen molar-refractivity contribution in [3.05, 3.63) is 77.9 Å². The summed E-state index contributed by atoms with van der Waals surface area (Å²) in [4.78, 5) is 30.2. The number of hydrogen-bond acceptors (Lipinski definition) is 5. The zero-order valence-electron chi connectivity index (χ0n) is 17.4. The van der Waals surface area contributed by atoms with E-state index in [0.717, 1.165) is 22.5 Å². The highest BCUT2D eigenvalue weighted by atomic mass is 16.7. The molecule has 7 nitrogen and oxygen atoms in total. The second kappa shape index (κ2) is 6.75. The van der Waals surface area contributed by atoms with Crippen LogP contribution in [-0.4, -0.2) is 38.8 Å². The minimum Gasteiger partial charge on any atom is -0.491 e. The Morgan fingerprint density at radius 1 is 0.938 bits per heavy atom. The van der Waals surface area contributed by atoms with E-state index in [1.807, 2.05) is 60.7 Å². The topological polar surface area (TPSA) is 68.3 Å². The molecule has 0 radical (unpaired) electrons. The Bertz CT molecular complexity index is 1260. The van der Waals surface area contributed by atoms with Crippen molar-refractivity contribution in [3.63, 3.8) is 0 Å². The zero-order valence-corrected chi connectivity index (χ0v) is 17.4. The van der Waals surface area contributed by atoms with Crippen LogP contribution in [0.1, 0.15) is 11.1 Å². The maximum Gasteiger partial charge on any atom is 0.246 e. The number of carbonyl (C=O) groups is 2. The molecule has 2 amide bonds. The highest BCUT2D eigenvalue weighted by molar-refractivity contribution is 6.14. The van der Waals surface area contributed by atoms with E-state index in [2.05, 4.69) is 0 Å². The second-order valence-electron chi connectivity index (χ2n) is 8.09. The summed E-state index contributed by atoms with van der Waals surface area (Å²) in [6, 6.07) is 20.6. The molecule has 160 valence electrons. The summed E-state index contributed by atoms with van der Waals surface area (Å²) in [5.41, 5.74) is 2.05. The Labute approximate surface area is 184 Å². The van der Waals surface area contributed by atoms with Crippen LogP contribution in [-0.2, 0) is 15.0 Å². The molecule has 3 aromatic rings. The number of fused-ring (bicyclic) bond motifs is 5. The molecule has 1 spiro atoms. The quantitative estimate of drug-likeness (QED) is 0.641. The molecule has 0 fully saturated rings. The van der Waals surface area contributed by atoms with Crippen molar-refractivity contribution < 1.29 is 23.8 Å². The predicted molar refractivity (Wildman–Crippen MR) is 117 cm³/mol. The van der Waals surface area contributed by atoms with Crippen LogP contribution >= 0.6 is 0 Å². The normalized spacial score (nSPS) is 19.7. The lowest BCUT2D eigenvalue weighted by atomic mass is 9.77. The van der Waals surface area contributed by atoms with Crippen LogP contribution in [0, 0.1) is 0 Å². The van der Waals surface area contributed by atoms with Crippen LogP contribution < -0.4 is 24.0 Å². The molecule has 1 unspecified atom stereocenters. The third-order valence-electron chi connectivity index (χ3n) is 6.45. The molecular weight excluding hydrogens is 408 g/mol. The Kier molecular flexibility index (Phi) is 3.95. The lowest BCUT2D eigenvalue weighted by molar-refractivity contribution is -0.124. The fraction of sp³-hybridized carbons (Fsp3) is 0.200. The van der Waals surface area contributed by atoms with Gasteiger partial charge in [0.15, 0.2) is 11.5 Å². The summed E-state index contributed by atoms with van der Waals surface area (Å²) in [7, 11) is 1.72. The molecule has 3 aliphatic heterocycles. The van der Waals surface area contributed by atoms with E-state index in [-0.39, 0.29) is 31.8 Å². The Morgan fingerprint density at radius 3 is 2.47 bits per heavy atom. The smallest absolute Gasteiger partial charge is 0.246 e. The number of carbonyl (C=O) groups excluding carboxylic acids is 2. The maximum absolute atomic E-state index is 13.9. The van der Waals surface area contributed by atoms with E-state index < -0.39 is 5.41 Å². The van der Waals surface area contributed by atoms with Gasteiger partial charge >= 0.3 is 0 Å². The first-order valence-corrected chi connectivity index (χ1v) is 10.4. The van der Waals surface area contributed by atoms with Crippen LogP contribution in [0.4, 0.5) is 11.4 Å². The third-order valence-corrected chi connectivity index (χ3v) is 6.45. The van der Waals surface area contributed by atoms with E-state index in [0.29, 0.717) is 17.2 Å². The predicted octanol–water partition coefficient (Wildman–Crippen LogP) is 3.10. The second-order valence-corrected chi connectivity index (χ2v) is 8.09. The Balaban J connectivity index is 1.40. The monoisotopic (exact) mass is 428 g/mol. The highest BCUT2D eigenvalue weighted by Gasteiger charge is 2.57. The third kappa shape index (κ3) is 2.48. The molecule has 7 heteroatoms. The molecule has 0 saturated carbocycles. The van der Waals surface area contributed by atoms with Gasteiger partial charge in [-0.2, -0.15) is 0 Å². The summed E-state index contributed by atoms with van der Waals surface area (Å²) < 4.78 is 17.0. The highest BCUT2D eigenvalue weighted by Crippen LogP contribution is 2.54. The molecule has 0 aliphatic carbocycles. The van der Waals surface area contributed by atoms with Gasteiger partial charge in [-0.05, 0) is 29.8 Å². The van der Waals surface area contributed by atoms with Crippen LogP contribution in [0.25, 0.3) is 0 Å². The summed E-state index contributed by atoms with van der Waals surface area (Å²) in [5, 5.41) is 0. The van der Waals surface area contributed by atoms with Crippen molar-refractivity contribution in [1.82, 2.24) is 0 Å². The summed E-state index contributed by atoms with van der Waals surface area (Å²) in [6.07, 6.45) is 0. The molecule has 0 N–H and O–H groups in total.